The lowest BCUT2D eigenvalue weighted by molar-refractivity contribution is 0.367. The molecule has 2 aromatic carbocycles. The summed E-state index contributed by atoms with van der Waals surface area (Å²) in [6.07, 6.45) is 1.40. The van der Waals surface area contributed by atoms with Gasteiger partial charge in [0, 0.05) is 28.0 Å². The number of aromatic nitrogens is 1. The van der Waals surface area contributed by atoms with E-state index >= 15 is 0 Å². The Kier molecular flexibility index (Phi) is 4.91. The number of hydrogen-bond acceptors (Lipinski definition) is 6. The van der Waals surface area contributed by atoms with Crippen molar-refractivity contribution in [2.45, 2.75) is 0 Å². The summed E-state index contributed by atoms with van der Waals surface area (Å²) >= 11 is 4.97. The van der Waals surface area contributed by atoms with Crippen molar-refractivity contribution in [2.24, 2.45) is 10.1 Å². The number of phenols is 3. The van der Waals surface area contributed by atoms with Crippen molar-refractivity contribution in [3.8, 4) is 28.5 Å². The maximum atomic E-state index is 9.93. The van der Waals surface area contributed by atoms with Crippen LogP contribution in [0.2, 0.25) is 0 Å². The van der Waals surface area contributed by atoms with E-state index in [0.717, 1.165) is 15.7 Å². The van der Waals surface area contributed by atoms with E-state index < -0.39 is 17.2 Å². The van der Waals surface area contributed by atoms with Gasteiger partial charge in [-0.15, -0.1) is 11.3 Å². The van der Waals surface area contributed by atoms with Crippen LogP contribution >= 0.6 is 27.3 Å². The minimum absolute atomic E-state index is 0.272. The van der Waals surface area contributed by atoms with E-state index in [1.54, 1.807) is 11.7 Å². The third-order valence-electron chi connectivity index (χ3n) is 3.50. The Labute approximate surface area is 155 Å². The van der Waals surface area contributed by atoms with Crippen LogP contribution in [0.4, 0.5) is 0 Å². The summed E-state index contributed by atoms with van der Waals surface area (Å²) in [7, 11) is 1.67. The minimum Gasteiger partial charge on any atom is -0.504 e. The third kappa shape index (κ3) is 3.31. The SMILES string of the molecule is CN=c1scc(-c2ccccc2Br)n1N=Cc1ccc(O)c(O)c1O. The van der Waals surface area contributed by atoms with Gasteiger partial charge in [-0.1, -0.05) is 34.1 Å². The van der Waals surface area contributed by atoms with Crippen LogP contribution in [0.3, 0.4) is 0 Å². The molecule has 6 nitrogen and oxygen atoms in total. The normalized spacial score (nSPS) is 12.2. The van der Waals surface area contributed by atoms with Crippen LogP contribution in [-0.2, 0) is 0 Å². The lowest BCUT2D eigenvalue weighted by Crippen LogP contribution is -2.11. The lowest BCUT2D eigenvalue weighted by Gasteiger charge is -2.06. The Morgan fingerprint density at radius 3 is 2.56 bits per heavy atom. The molecular formula is C17H14BrN3O3S. The molecule has 0 aliphatic heterocycles. The van der Waals surface area contributed by atoms with Crippen molar-refractivity contribution in [2.75, 3.05) is 7.05 Å². The van der Waals surface area contributed by atoms with Gasteiger partial charge in [-0.2, -0.15) is 5.10 Å². The Balaban J connectivity index is 2.11. The predicted octanol–water partition coefficient (Wildman–Crippen LogP) is 3.51. The molecule has 3 rings (SSSR count). The molecule has 0 radical (unpaired) electrons. The van der Waals surface area contributed by atoms with Gasteiger partial charge in [0.2, 0.25) is 10.6 Å². The third-order valence-corrected chi connectivity index (χ3v) is 5.10. The number of aromatic hydroxyl groups is 3. The molecule has 1 aromatic heterocycles. The second-order valence-corrected chi connectivity index (χ2v) is 6.73. The summed E-state index contributed by atoms with van der Waals surface area (Å²) in [5.74, 6) is -1.40. The standard InChI is InChI=1S/C17H14BrN3O3S/c1-19-17-21(13(9-25-17)11-4-2-3-5-12(11)18)20-8-10-6-7-14(22)16(24)15(10)23/h2-9,22-24H,1H3. The Bertz CT molecular complexity index is 1020. The molecule has 3 N–H and O–H groups in total. The Morgan fingerprint density at radius 1 is 1.08 bits per heavy atom. The van der Waals surface area contributed by atoms with Crippen molar-refractivity contribution >= 4 is 33.5 Å². The number of phenolic OH excluding ortho intramolecular Hbond substituents is 3. The first-order chi connectivity index (χ1) is 12.0. The van der Waals surface area contributed by atoms with Crippen LogP contribution < -0.4 is 4.80 Å². The highest BCUT2D eigenvalue weighted by Gasteiger charge is 2.12. The fourth-order valence-corrected chi connectivity index (χ4v) is 3.51. The number of benzene rings is 2. The van der Waals surface area contributed by atoms with E-state index in [1.165, 1.54) is 29.7 Å². The highest BCUT2D eigenvalue weighted by Crippen LogP contribution is 2.36. The largest absolute Gasteiger partial charge is 0.504 e. The fraction of sp³-hybridized carbons (Fsp3) is 0.0588. The summed E-state index contributed by atoms with van der Waals surface area (Å²) in [4.78, 5) is 4.88. The molecule has 0 saturated heterocycles. The van der Waals surface area contributed by atoms with Gasteiger partial charge in [0.15, 0.2) is 11.5 Å². The zero-order valence-corrected chi connectivity index (χ0v) is 15.5. The lowest BCUT2D eigenvalue weighted by atomic mass is 10.2. The number of hydrogen-bond donors (Lipinski definition) is 3. The van der Waals surface area contributed by atoms with Crippen LogP contribution in [-0.4, -0.2) is 33.3 Å². The molecule has 3 aromatic rings. The fourth-order valence-electron chi connectivity index (χ4n) is 2.23. The second-order valence-electron chi connectivity index (χ2n) is 5.03. The average Bonchev–Trinajstić information content (AvgIpc) is 3.02. The van der Waals surface area contributed by atoms with Crippen LogP contribution in [0, 0.1) is 0 Å². The van der Waals surface area contributed by atoms with Gasteiger partial charge in [0.05, 0.1) is 11.9 Å². The summed E-state index contributed by atoms with van der Waals surface area (Å²) in [6.45, 7) is 0. The molecule has 0 unspecified atom stereocenters. The van der Waals surface area contributed by atoms with Gasteiger partial charge in [-0.3, -0.25) is 4.99 Å². The van der Waals surface area contributed by atoms with E-state index in [1.807, 2.05) is 29.6 Å². The predicted molar refractivity (Wildman–Crippen MR) is 101 cm³/mol. The van der Waals surface area contributed by atoms with E-state index in [9.17, 15) is 15.3 Å². The molecule has 0 bridgehead atoms. The van der Waals surface area contributed by atoms with E-state index in [-0.39, 0.29) is 5.56 Å². The average molecular weight is 420 g/mol. The number of nitrogens with zero attached hydrogens (tertiary/aromatic N) is 3. The van der Waals surface area contributed by atoms with Crippen molar-refractivity contribution in [3.05, 3.63) is 56.6 Å². The topological polar surface area (TPSA) is 90.3 Å². The van der Waals surface area contributed by atoms with Crippen LogP contribution in [0.5, 0.6) is 17.2 Å². The van der Waals surface area contributed by atoms with Crippen LogP contribution in [0.15, 0.2) is 56.3 Å². The van der Waals surface area contributed by atoms with E-state index in [2.05, 4.69) is 26.0 Å². The Morgan fingerprint density at radius 2 is 1.84 bits per heavy atom. The van der Waals surface area contributed by atoms with Crippen molar-refractivity contribution < 1.29 is 15.3 Å². The zero-order chi connectivity index (χ0) is 18.0. The van der Waals surface area contributed by atoms with Crippen LogP contribution in [0.25, 0.3) is 11.3 Å². The smallest absolute Gasteiger partial charge is 0.205 e. The first kappa shape index (κ1) is 17.2. The molecule has 1 heterocycles. The molecular weight excluding hydrogens is 406 g/mol. The summed E-state index contributed by atoms with van der Waals surface area (Å²) in [5.41, 5.74) is 2.05. The number of halogens is 1. The van der Waals surface area contributed by atoms with Gasteiger partial charge in [0.25, 0.3) is 0 Å². The van der Waals surface area contributed by atoms with E-state index in [0.29, 0.717) is 4.80 Å². The van der Waals surface area contributed by atoms with Gasteiger partial charge in [0.1, 0.15) is 0 Å². The number of rotatable bonds is 3. The summed E-state index contributed by atoms with van der Waals surface area (Å²) in [5, 5.41) is 35.3. The first-order valence-electron chi connectivity index (χ1n) is 7.19. The Hall–Kier alpha value is -2.58. The maximum absolute atomic E-state index is 9.93. The highest BCUT2D eigenvalue weighted by atomic mass is 79.9. The van der Waals surface area contributed by atoms with Gasteiger partial charge < -0.3 is 15.3 Å². The molecule has 0 fully saturated rings. The molecule has 0 spiro atoms. The maximum Gasteiger partial charge on any atom is 0.205 e. The van der Waals surface area contributed by atoms with Gasteiger partial charge >= 0.3 is 0 Å². The molecule has 0 amide bonds. The molecule has 25 heavy (non-hydrogen) atoms. The molecule has 128 valence electrons. The summed E-state index contributed by atoms with van der Waals surface area (Å²) in [6, 6.07) is 10.5. The zero-order valence-electron chi connectivity index (χ0n) is 13.1. The summed E-state index contributed by atoms with van der Waals surface area (Å²) < 4.78 is 2.57. The molecule has 0 atom stereocenters. The van der Waals surface area contributed by atoms with Crippen LogP contribution in [0.1, 0.15) is 5.56 Å². The van der Waals surface area contributed by atoms with Gasteiger partial charge in [-0.05, 0) is 18.2 Å². The minimum atomic E-state index is -0.578. The number of thiazole rings is 1. The quantitative estimate of drug-likeness (QED) is 0.448. The second kappa shape index (κ2) is 7.12. The van der Waals surface area contributed by atoms with Crippen molar-refractivity contribution in [3.63, 3.8) is 0 Å². The van der Waals surface area contributed by atoms with Gasteiger partial charge in [-0.25, -0.2) is 4.68 Å². The first-order valence-corrected chi connectivity index (χ1v) is 8.86. The molecule has 8 heteroatoms. The highest BCUT2D eigenvalue weighted by molar-refractivity contribution is 9.10. The van der Waals surface area contributed by atoms with E-state index in [4.69, 9.17) is 0 Å². The molecule has 0 saturated carbocycles. The molecule has 0 aliphatic rings. The monoisotopic (exact) mass is 419 g/mol. The molecule has 0 aliphatic carbocycles. The van der Waals surface area contributed by atoms with Crippen molar-refractivity contribution in [1.82, 2.24) is 4.68 Å². The van der Waals surface area contributed by atoms with Crippen molar-refractivity contribution in [1.29, 1.82) is 0 Å².